The Morgan fingerprint density at radius 1 is 1.32 bits per heavy atom. The summed E-state index contributed by atoms with van der Waals surface area (Å²) < 4.78 is 7.42. The van der Waals surface area contributed by atoms with Crippen molar-refractivity contribution in [1.82, 2.24) is 0 Å². The Balaban J connectivity index is 1.55. The summed E-state index contributed by atoms with van der Waals surface area (Å²) in [7, 11) is 0. The van der Waals surface area contributed by atoms with Crippen LogP contribution in [0.2, 0.25) is 0 Å². The van der Waals surface area contributed by atoms with Gasteiger partial charge in [0.2, 0.25) is 0 Å². The van der Waals surface area contributed by atoms with Gasteiger partial charge in [0.05, 0.1) is 11.7 Å². The molecule has 3 rings (SSSR count). The minimum atomic E-state index is 0.254. The SMILES string of the molecule is Nc1ccc(SCC2CCC3(CCCC3)O2)c(Br)c1. The minimum absolute atomic E-state index is 0.254. The largest absolute Gasteiger partial charge is 0.399 e. The number of benzene rings is 1. The van der Waals surface area contributed by atoms with Crippen molar-refractivity contribution in [2.24, 2.45) is 0 Å². The Hall–Kier alpha value is -0.190. The van der Waals surface area contributed by atoms with Gasteiger partial charge in [-0.3, -0.25) is 0 Å². The molecule has 0 bridgehead atoms. The van der Waals surface area contributed by atoms with E-state index in [1.165, 1.54) is 43.4 Å². The molecule has 2 nitrogen and oxygen atoms in total. The molecular formula is C15H20BrNOS. The zero-order chi connectivity index (χ0) is 13.3. The van der Waals surface area contributed by atoms with Gasteiger partial charge in [0.1, 0.15) is 0 Å². The fraction of sp³-hybridized carbons (Fsp3) is 0.600. The van der Waals surface area contributed by atoms with Crippen LogP contribution in [0.25, 0.3) is 0 Å². The molecule has 1 saturated heterocycles. The van der Waals surface area contributed by atoms with Crippen LogP contribution in [-0.2, 0) is 4.74 Å². The van der Waals surface area contributed by atoms with E-state index < -0.39 is 0 Å². The van der Waals surface area contributed by atoms with Crippen molar-refractivity contribution < 1.29 is 4.74 Å². The molecule has 1 aromatic carbocycles. The number of nitrogens with two attached hydrogens (primary N) is 1. The number of anilines is 1. The molecule has 2 N–H and O–H groups in total. The van der Waals surface area contributed by atoms with Crippen LogP contribution >= 0.6 is 27.7 Å². The highest BCUT2D eigenvalue weighted by Crippen LogP contribution is 2.44. The third kappa shape index (κ3) is 3.11. The second kappa shape index (κ2) is 5.66. The maximum atomic E-state index is 6.33. The van der Waals surface area contributed by atoms with Gasteiger partial charge in [-0.2, -0.15) is 0 Å². The van der Waals surface area contributed by atoms with E-state index in [1.54, 1.807) is 0 Å². The van der Waals surface area contributed by atoms with Crippen molar-refractivity contribution in [1.29, 1.82) is 0 Å². The van der Waals surface area contributed by atoms with Gasteiger partial charge in [0.15, 0.2) is 0 Å². The Morgan fingerprint density at radius 2 is 2.11 bits per heavy atom. The number of nitrogen functional groups attached to an aromatic ring is 1. The topological polar surface area (TPSA) is 35.2 Å². The molecule has 2 aliphatic rings. The van der Waals surface area contributed by atoms with Crippen LogP contribution in [-0.4, -0.2) is 17.5 Å². The predicted octanol–water partition coefficient (Wildman–Crippen LogP) is 4.62. The van der Waals surface area contributed by atoms with Crippen LogP contribution < -0.4 is 5.73 Å². The molecule has 1 heterocycles. The number of rotatable bonds is 3. The van der Waals surface area contributed by atoms with Crippen LogP contribution in [0.5, 0.6) is 0 Å². The minimum Gasteiger partial charge on any atom is -0.399 e. The fourth-order valence-corrected chi connectivity index (χ4v) is 4.92. The molecule has 19 heavy (non-hydrogen) atoms. The summed E-state index contributed by atoms with van der Waals surface area (Å²) in [6, 6.07) is 6.02. The summed E-state index contributed by atoms with van der Waals surface area (Å²) in [6.07, 6.45) is 8.17. The third-order valence-electron chi connectivity index (χ3n) is 4.23. The van der Waals surface area contributed by atoms with Crippen LogP contribution in [0, 0.1) is 0 Å². The molecule has 1 atom stereocenters. The van der Waals surface area contributed by atoms with E-state index in [0.29, 0.717) is 6.10 Å². The number of ether oxygens (including phenoxy) is 1. The Morgan fingerprint density at radius 3 is 2.84 bits per heavy atom. The Labute approximate surface area is 127 Å². The van der Waals surface area contributed by atoms with Crippen LogP contribution in [0.1, 0.15) is 38.5 Å². The summed E-state index contributed by atoms with van der Waals surface area (Å²) in [5, 5.41) is 0. The number of hydrogen-bond acceptors (Lipinski definition) is 3. The molecular weight excluding hydrogens is 322 g/mol. The van der Waals surface area contributed by atoms with Gasteiger partial charge >= 0.3 is 0 Å². The smallest absolute Gasteiger partial charge is 0.0687 e. The molecule has 1 unspecified atom stereocenters. The van der Waals surface area contributed by atoms with Gasteiger partial charge in [0, 0.05) is 20.8 Å². The molecule has 0 aromatic heterocycles. The van der Waals surface area contributed by atoms with E-state index in [9.17, 15) is 0 Å². The second-order valence-electron chi connectivity index (χ2n) is 5.67. The number of halogens is 1. The van der Waals surface area contributed by atoms with E-state index >= 15 is 0 Å². The number of thioether (sulfide) groups is 1. The molecule has 1 aliphatic carbocycles. The Bertz CT molecular complexity index is 459. The van der Waals surface area contributed by atoms with E-state index in [1.807, 2.05) is 23.9 Å². The van der Waals surface area contributed by atoms with Crippen LogP contribution in [0.4, 0.5) is 5.69 Å². The van der Waals surface area contributed by atoms with Gasteiger partial charge < -0.3 is 10.5 Å². The molecule has 1 aromatic rings. The van der Waals surface area contributed by atoms with E-state index in [0.717, 1.165) is 15.9 Å². The number of hydrogen-bond donors (Lipinski definition) is 1. The maximum absolute atomic E-state index is 6.33. The first-order valence-corrected chi connectivity index (χ1v) is 8.80. The van der Waals surface area contributed by atoms with Crippen molar-refractivity contribution >= 4 is 33.4 Å². The van der Waals surface area contributed by atoms with Crippen molar-refractivity contribution in [3.05, 3.63) is 22.7 Å². The fourth-order valence-electron chi connectivity index (χ4n) is 3.22. The summed E-state index contributed by atoms with van der Waals surface area (Å²) in [6.45, 7) is 0. The normalized spacial score (nSPS) is 25.2. The summed E-state index contributed by atoms with van der Waals surface area (Å²) >= 11 is 5.44. The predicted molar refractivity (Wildman–Crippen MR) is 84.6 cm³/mol. The van der Waals surface area contributed by atoms with Crippen LogP contribution in [0.3, 0.4) is 0 Å². The lowest BCUT2D eigenvalue weighted by molar-refractivity contribution is -0.0267. The third-order valence-corrected chi connectivity index (χ3v) is 6.36. The Kier molecular flexibility index (Phi) is 4.11. The van der Waals surface area contributed by atoms with Gasteiger partial charge in [-0.15, -0.1) is 11.8 Å². The summed E-state index contributed by atoms with van der Waals surface area (Å²) in [5.41, 5.74) is 6.82. The van der Waals surface area contributed by atoms with Crippen LogP contribution in [0.15, 0.2) is 27.6 Å². The van der Waals surface area contributed by atoms with Crippen molar-refractivity contribution in [3.8, 4) is 0 Å². The zero-order valence-corrected chi connectivity index (χ0v) is 13.4. The first kappa shape index (κ1) is 13.8. The highest BCUT2D eigenvalue weighted by molar-refractivity contribution is 9.10. The lowest BCUT2D eigenvalue weighted by atomic mass is 9.98. The molecule has 0 amide bonds. The van der Waals surface area contributed by atoms with Crippen molar-refractivity contribution in [2.45, 2.75) is 55.1 Å². The van der Waals surface area contributed by atoms with E-state index in [4.69, 9.17) is 10.5 Å². The summed E-state index contributed by atoms with van der Waals surface area (Å²) in [5.74, 6) is 1.05. The highest BCUT2D eigenvalue weighted by atomic mass is 79.9. The van der Waals surface area contributed by atoms with Crippen molar-refractivity contribution in [2.75, 3.05) is 11.5 Å². The average Bonchev–Trinajstić information content (AvgIpc) is 2.99. The zero-order valence-electron chi connectivity index (χ0n) is 11.0. The monoisotopic (exact) mass is 341 g/mol. The van der Waals surface area contributed by atoms with Gasteiger partial charge in [-0.05, 0) is 59.8 Å². The van der Waals surface area contributed by atoms with Gasteiger partial charge in [-0.25, -0.2) is 0 Å². The second-order valence-corrected chi connectivity index (χ2v) is 7.59. The standard InChI is InChI=1S/C15H20BrNOS/c16-13-9-11(17)3-4-14(13)19-10-12-5-8-15(18-12)6-1-2-7-15/h3-4,9,12H,1-2,5-8,10,17H2. The lowest BCUT2D eigenvalue weighted by Crippen LogP contribution is -2.25. The molecule has 1 aliphatic heterocycles. The molecule has 104 valence electrons. The van der Waals surface area contributed by atoms with Gasteiger partial charge in [0.25, 0.3) is 0 Å². The molecule has 4 heteroatoms. The van der Waals surface area contributed by atoms with E-state index in [2.05, 4.69) is 22.0 Å². The highest BCUT2D eigenvalue weighted by Gasteiger charge is 2.41. The first-order chi connectivity index (χ1) is 9.17. The summed E-state index contributed by atoms with van der Waals surface area (Å²) in [4.78, 5) is 1.25. The lowest BCUT2D eigenvalue weighted by Gasteiger charge is -2.23. The van der Waals surface area contributed by atoms with Crippen molar-refractivity contribution in [3.63, 3.8) is 0 Å². The van der Waals surface area contributed by atoms with Gasteiger partial charge in [-0.1, -0.05) is 12.8 Å². The molecule has 2 fully saturated rings. The molecule has 0 radical (unpaired) electrons. The molecule has 1 spiro atoms. The maximum Gasteiger partial charge on any atom is 0.0687 e. The molecule has 1 saturated carbocycles. The average molecular weight is 342 g/mol. The quantitative estimate of drug-likeness (QED) is 0.643. The van der Waals surface area contributed by atoms with E-state index in [-0.39, 0.29) is 5.60 Å². The first-order valence-electron chi connectivity index (χ1n) is 7.03.